The zero-order valence-electron chi connectivity index (χ0n) is 16.0. The Balaban J connectivity index is 1.60. The Labute approximate surface area is 159 Å². The molecule has 27 heavy (non-hydrogen) atoms. The van der Waals surface area contributed by atoms with Crippen molar-refractivity contribution in [3.8, 4) is 5.75 Å². The van der Waals surface area contributed by atoms with Crippen LogP contribution >= 0.6 is 0 Å². The summed E-state index contributed by atoms with van der Waals surface area (Å²) in [7, 11) is 1.64. The second kappa shape index (κ2) is 7.70. The predicted molar refractivity (Wildman–Crippen MR) is 104 cm³/mol. The Morgan fingerprint density at radius 1 is 1.11 bits per heavy atom. The summed E-state index contributed by atoms with van der Waals surface area (Å²) < 4.78 is 10.4. The Morgan fingerprint density at radius 3 is 2.37 bits per heavy atom. The van der Waals surface area contributed by atoms with Crippen molar-refractivity contribution in [2.45, 2.75) is 38.9 Å². The van der Waals surface area contributed by atoms with Crippen molar-refractivity contribution >= 4 is 17.5 Å². The molecule has 0 saturated carbocycles. The number of carbonyl (C=O) groups is 1. The van der Waals surface area contributed by atoms with Crippen LogP contribution in [0.15, 0.2) is 53.7 Å². The molecule has 1 aliphatic rings. The van der Waals surface area contributed by atoms with Gasteiger partial charge >= 0.3 is 6.09 Å². The monoisotopic (exact) mass is 368 g/mol. The number of nitrogens with one attached hydrogen (secondary N) is 1. The van der Waals surface area contributed by atoms with Gasteiger partial charge in [0.05, 0.1) is 12.8 Å². The molecule has 0 saturated heterocycles. The summed E-state index contributed by atoms with van der Waals surface area (Å²) in [5.74, 6) is 0.811. The Morgan fingerprint density at radius 2 is 1.78 bits per heavy atom. The number of amides is 1. The van der Waals surface area contributed by atoms with E-state index in [4.69, 9.17) is 14.3 Å². The molecule has 0 spiro atoms. The number of carbonyl (C=O) groups excluding carboxylic acids is 1. The van der Waals surface area contributed by atoms with Gasteiger partial charge in [0.1, 0.15) is 11.4 Å². The number of benzene rings is 2. The minimum Gasteiger partial charge on any atom is -0.497 e. The molecule has 0 aliphatic carbocycles. The van der Waals surface area contributed by atoms with Crippen LogP contribution in [0.4, 0.5) is 10.5 Å². The number of methoxy groups -OCH3 is 1. The molecule has 0 radical (unpaired) electrons. The zero-order chi connectivity index (χ0) is 19.4. The minimum absolute atomic E-state index is 0.106. The molecule has 6 heteroatoms. The van der Waals surface area contributed by atoms with Gasteiger partial charge in [-0.3, -0.25) is 5.32 Å². The van der Waals surface area contributed by atoms with Gasteiger partial charge < -0.3 is 14.3 Å². The third kappa shape index (κ3) is 5.00. The third-order valence-corrected chi connectivity index (χ3v) is 4.02. The second-order valence-electron chi connectivity index (χ2n) is 7.31. The summed E-state index contributed by atoms with van der Waals surface area (Å²) in [5, 5.41) is 6.94. The molecule has 142 valence electrons. The van der Waals surface area contributed by atoms with Crippen molar-refractivity contribution in [1.29, 1.82) is 0 Å². The summed E-state index contributed by atoms with van der Waals surface area (Å²) in [5.41, 5.74) is 3.02. The van der Waals surface area contributed by atoms with Crippen LogP contribution in [-0.4, -0.2) is 24.5 Å². The molecule has 1 unspecified atom stereocenters. The van der Waals surface area contributed by atoms with Crippen molar-refractivity contribution in [2.24, 2.45) is 5.16 Å². The minimum atomic E-state index is -0.531. The fourth-order valence-electron chi connectivity index (χ4n) is 2.71. The molecule has 1 heterocycles. The molecular formula is C21H24N2O4. The highest BCUT2D eigenvalue weighted by atomic mass is 16.6. The highest BCUT2D eigenvalue weighted by Gasteiger charge is 2.24. The largest absolute Gasteiger partial charge is 0.497 e. The van der Waals surface area contributed by atoms with E-state index in [1.54, 1.807) is 7.11 Å². The normalized spacial score (nSPS) is 16.3. The van der Waals surface area contributed by atoms with Crippen LogP contribution in [0.3, 0.4) is 0 Å². The first-order valence-electron chi connectivity index (χ1n) is 8.81. The van der Waals surface area contributed by atoms with Crippen molar-refractivity contribution in [2.75, 3.05) is 12.4 Å². The van der Waals surface area contributed by atoms with Gasteiger partial charge in [-0.15, -0.1) is 0 Å². The molecule has 2 aromatic rings. The fraction of sp³-hybridized carbons (Fsp3) is 0.333. The van der Waals surface area contributed by atoms with Gasteiger partial charge in [-0.05, 0) is 56.2 Å². The van der Waals surface area contributed by atoms with Crippen molar-refractivity contribution in [3.05, 3.63) is 59.7 Å². The van der Waals surface area contributed by atoms with Crippen molar-refractivity contribution in [1.82, 2.24) is 0 Å². The molecule has 2 aromatic carbocycles. The van der Waals surface area contributed by atoms with Gasteiger partial charge in [-0.1, -0.05) is 29.4 Å². The molecule has 1 atom stereocenters. The van der Waals surface area contributed by atoms with Crippen LogP contribution in [0, 0.1) is 0 Å². The maximum Gasteiger partial charge on any atom is 0.412 e. The third-order valence-electron chi connectivity index (χ3n) is 4.02. The van der Waals surface area contributed by atoms with Gasteiger partial charge in [0.2, 0.25) is 0 Å². The molecule has 1 N–H and O–H groups in total. The molecule has 0 aromatic heterocycles. The second-order valence-corrected chi connectivity index (χ2v) is 7.31. The highest BCUT2D eigenvalue weighted by molar-refractivity contribution is 6.01. The SMILES string of the molecule is COc1ccc(C2CC(c3ccc(NC(=O)OC(C)(C)C)cc3)=NO2)cc1. The number of anilines is 1. The Bertz CT molecular complexity index is 821. The lowest BCUT2D eigenvalue weighted by Crippen LogP contribution is -2.27. The van der Waals surface area contributed by atoms with Crippen molar-refractivity contribution < 1.29 is 19.1 Å². The first-order valence-corrected chi connectivity index (χ1v) is 8.81. The predicted octanol–water partition coefficient (Wildman–Crippen LogP) is 4.91. The summed E-state index contributed by atoms with van der Waals surface area (Å²) in [6.45, 7) is 5.48. The van der Waals surface area contributed by atoms with Crippen LogP contribution in [0.1, 0.15) is 44.4 Å². The molecule has 6 nitrogen and oxygen atoms in total. The fourth-order valence-corrected chi connectivity index (χ4v) is 2.71. The van der Waals surface area contributed by atoms with E-state index in [1.807, 2.05) is 69.3 Å². The molecule has 0 bridgehead atoms. The first-order chi connectivity index (χ1) is 12.8. The van der Waals surface area contributed by atoms with Crippen LogP contribution in [-0.2, 0) is 9.57 Å². The van der Waals surface area contributed by atoms with Gasteiger partial charge in [0, 0.05) is 12.1 Å². The number of oxime groups is 1. The Kier molecular flexibility index (Phi) is 5.35. The summed E-state index contributed by atoms with van der Waals surface area (Å²) >= 11 is 0. The molecule has 1 aliphatic heterocycles. The van der Waals surface area contributed by atoms with E-state index in [0.29, 0.717) is 12.1 Å². The van der Waals surface area contributed by atoms with E-state index < -0.39 is 11.7 Å². The van der Waals surface area contributed by atoms with E-state index in [0.717, 1.165) is 22.6 Å². The van der Waals surface area contributed by atoms with E-state index in [9.17, 15) is 4.79 Å². The lowest BCUT2D eigenvalue weighted by Gasteiger charge is -2.19. The van der Waals surface area contributed by atoms with E-state index in [1.165, 1.54) is 0 Å². The molecule has 0 fully saturated rings. The van der Waals surface area contributed by atoms with E-state index >= 15 is 0 Å². The zero-order valence-corrected chi connectivity index (χ0v) is 16.0. The maximum atomic E-state index is 11.8. The average Bonchev–Trinajstić information content (AvgIpc) is 3.11. The number of ether oxygens (including phenoxy) is 2. The first kappa shape index (κ1) is 18.8. The van der Waals surface area contributed by atoms with Crippen LogP contribution in [0.5, 0.6) is 5.75 Å². The van der Waals surface area contributed by atoms with Gasteiger partial charge in [-0.25, -0.2) is 4.79 Å². The number of rotatable bonds is 4. The molecular weight excluding hydrogens is 344 g/mol. The lowest BCUT2D eigenvalue weighted by molar-refractivity contribution is 0.0636. The van der Waals surface area contributed by atoms with Crippen LogP contribution in [0.2, 0.25) is 0 Å². The van der Waals surface area contributed by atoms with Crippen LogP contribution in [0.25, 0.3) is 0 Å². The van der Waals surface area contributed by atoms with Crippen LogP contribution < -0.4 is 10.1 Å². The number of nitrogens with zero attached hydrogens (tertiary/aromatic N) is 1. The smallest absolute Gasteiger partial charge is 0.412 e. The standard InChI is InChI=1S/C21H24N2O4/c1-21(2,3)26-20(24)22-16-9-5-14(6-10-16)18-13-19(27-23-18)15-7-11-17(25-4)12-8-15/h5-12,19H,13H2,1-4H3,(H,22,24). The highest BCUT2D eigenvalue weighted by Crippen LogP contribution is 2.30. The lowest BCUT2D eigenvalue weighted by atomic mass is 10.00. The quantitative estimate of drug-likeness (QED) is 0.833. The number of hydrogen-bond donors (Lipinski definition) is 1. The molecule has 3 rings (SSSR count). The number of hydrogen-bond acceptors (Lipinski definition) is 5. The Hall–Kier alpha value is -3.02. The summed E-state index contributed by atoms with van der Waals surface area (Å²) in [4.78, 5) is 17.4. The maximum absolute atomic E-state index is 11.8. The van der Waals surface area contributed by atoms with Crippen molar-refractivity contribution in [3.63, 3.8) is 0 Å². The van der Waals surface area contributed by atoms with Gasteiger partial charge in [-0.2, -0.15) is 0 Å². The summed E-state index contributed by atoms with van der Waals surface area (Å²) in [6.07, 6.45) is 0.104. The van der Waals surface area contributed by atoms with Gasteiger partial charge in [0.15, 0.2) is 6.10 Å². The summed E-state index contributed by atoms with van der Waals surface area (Å²) in [6, 6.07) is 15.2. The van der Waals surface area contributed by atoms with Gasteiger partial charge in [0.25, 0.3) is 0 Å². The topological polar surface area (TPSA) is 69.2 Å². The van der Waals surface area contributed by atoms with E-state index in [-0.39, 0.29) is 6.10 Å². The average molecular weight is 368 g/mol. The molecule has 1 amide bonds. The van der Waals surface area contributed by atoms with E-state index in [2.05, 4.69) is 10.5 Å².